The number of imide groups is 1. The molecular formula is C24H23N3O5S. The van der Waals surface area contributed by atoms with Crippen LogP contribution in [0.4, 0.5) is 5.69 Å². The van der Waals surface area contributed by atoms with Gasteiger partial charge >= 0.3 is 0 Å². The third-order valence-electron chi connectivity index (χ3n) is 5.50. The molecule has 0 bridgehead atoms. The van der Waals surface area contributed by atoms with Gasteiger partial charge in [0.2, 0.25) is 0 Å². The van der Waals surface area contributed by atoms with Crippen molar-refractivity contribution >= 4 is 27.5 Å². The van der Waals surface area contributed by atoms with Gasteiger partial charge in [0.05, 0.1) is 24.9 Å². The number of carbonyl (C=O) groups is 2. The first-order valence-electron chi connectivity index (χ1n) is 10.2. The molecule has 0 atom stereocenters. The van der Waals surface area contributed by atoms with Crippen LogP contribution in [0.25, 0.3) is 0 Å². The van der Waals surface area contributed by atoms with Crippen LogP contribution in [0.2, 0.25) is 0 Å². The van der Waals surface area contributed by atoms with E-state index in [1.54, 1.807) is 18.2 Å². The number of benzene rings is 2. The summed E-state index contributed by atoms with van der Waals surface area (Å²) in [5.74, 6) is -0.829. The Hall–Kier alpha value is -3.72. The van der Waals surface area contributed by atoms with E-state index in [1.807, 2.05) is 32.9 Å². The molecule has 0 aliphatic carbocycles. The first-order valence-corrected chi connectivity index (χ1v) is 11.7. The van der Waals surface area contributed by atoms with E-state index >= 15 is 0 Å². The van der Waals surface area contributed by atoms with E-state index in [0.717, 1.165) is 21.6 Å². The molecule has 0 fully saturated rings. The van der Waals surface area contributed by atoms with E-state index in [9.17, 15) is 18.0 Å². The second-order valence-corrected chi connectivity index (χ2v) is 9.61. The zero-order valence-electron chi connectivity index (χ0n) is 18.7. The lowest BCUT2D eigenvalue weighted by Crippen LogP contribution is -2.29. The first-order chi connectivity index (χ1) is 15.6. The molecule has 0 saturated heterocycles. The summed E-state index contributed by atoms with van der Waals surface area (Å²) in [7, 11) is -2.65. The first kappa shape index (κ1) is 22.5. The lowest BCUT2D eigenvalue weighted by atomic mass is 10.1. The Balaban J connectivity index is 1.68. The molecule has 3 aromatic rings. The number of pyridine rings is 1. The summed E-state index contributed by atoms with van der Waals surface area (Å²) in [6, 6.07) is 11.5. The van der Waals surface area contributed by atoms with Gasteiger partial charge in [-0.1, -0.05) is 23.8 Å². The third-order valence-corrected chi connectivity index (χ3v) is 6.87. The number of carbonyl (C=O) groups excluding carboxylic acids is 2. The van der Waals surface area contributed by atoms with Crippen molar-refractivity contribution in [2.75, 3.05) is 11.8 Å². The van der Waals surface area contributed by atoms with Crippen molar-refractivity contribution in [3.8, 4) is 5.75 Å². The Labute approximate surface area is 192 Å². The number of rotatable bonds is 6. The van der Waals surface area contributed by atoms with Crippen LogP contribution < -0.4 is 9.46 Å². The van der Waals surface area contributed by atoms with Crippen molar-refractivity contribution in [3.05, 3.63) is 82.2 Å². The standard InChI is InChI=1S/C24H23N3O5S/c1-14-10-15(2)21(16(3)11-14)26-33(30,31)20-12-17(7-8-19(20)32-4)13-27-23(28)18-6-5-9-25-22(18)24(27)29/h5-12,26H,13H2,1-4H3. The number of methoxy groups -OCH3 is 1. The molecule has 0 radical (unpaired) electrons. The number of sulfonamides is 1. The third kappa shape index (κ3) is 4.07. The van der Waals surface area contributed by atoms with E-state index in [4.69, 9.17) is 4.74 Å². The number of aryl methyl sites for hydroxylation is 3. The molecule has 2 heterocycles. The van der Waals surface area contributed by atoms with E-state index in [-0.39, 0.29) is 28.4 Å². The quantitative estimate of drug-likeness (QED) is 0.558. The zero-order chi connectivity index (χ0) is 23.9. The van der Waals surface area contributed by atoms with Gasteiger partial charge in [0.25, 0.3) is 21.8 Å². The molecule has 0 unspecified atom stereocenters. The zero-order valence-corrected chi connectivity index (χ0v) is 19.5. The summed E-state index contributed by atoms with van der Waals surface area (Å²) in [5.41, 5.74) is 3.91. The number of nitrogens with one attached hydrogen (secondary N) is 1. The molecule has 1 aliphatic heterocycles. The monoisotopic (exact) mass is 465 g/mol. The van der Waals surface area contributed by atoms with E-state index in [1.165, 1.54) is 25.4 Å². The number of hydrogen-bond acceptors (Lipinski definition) is 6. The van der Waals surface area contributed by atoms with Crippen LogP contribution >= 0.6 is 0 Å². The number of ether oxygens (including phenoxy) is 1. The average Bonchev–Trinajstić information content (AvgIpc) is 3.01. The molecule has 0 saturated carbocycles. The van der Waals surface area contributed by atoms with Gasteiger partial charge in [-0.15, -0.1) is 0 Å². The number of amides is 2. The minimum absolute atomic E-state index is 0.0865. The van der Waals surface area contributed by atoms with Crippen LogP contribution in [-0.4, -0.2) is 37.2 Å². The van der Waals surface area contributed by atoms with Crippen molar-refractivity contribution in [1.29, 1.82) is 0 Å². The Kier molecular flexibility index (Phi) is 5.67. The molecule has 2 amide bonds. The van der Waals surface area contributed by atoms with E-state index < -0.39 is 21.8 Å². The van der Waals surface area contributed by atoms with Crippen molar-refractivity contribution in [2.45, 2.75) is 32.2 Å². The highest BCUT2D eigenvalue weighted by Crippen LogP contribution is 2.31. The molecule has 4 rings (SSSR count). The normalized spacial score (nSPS) is 13.3. The van der Waals surface area contributed by atoms with Crippen LogP contribution in [-0.2, 0) is 16.6 Å². The van der Waals surface area contributed by atoms with Gasteiger partial charge in [-0.05, 0) is 61.7 Å². The van der Waals surface area contributed by atoms with Gasteiger partial charge in [-0.2, -0.15) is 0 Å². The molecule has 1 aromatic heterocycles. The minimum atomic E-state index is -4.03. The molecule has 0 spiro atoms. The van der Waals surface area contributed by atoms with Crippen molar-refractivity contribution in [3.63, 3.8) is 0 Å². The molecule has 170 valence electrons. The number of nitrogens with zero attached hydrogens (tertiary/aromatic N) is 2. The van der Waals surface area contributed by atoms with Crippen molar-refractivity contribution in [1.82, 2.24) is 9.88 Å². The fraction of sp³-hybridized carbons (Fsp3) is 0.208. The minimum Gasteiger partial charge on any atom is -0.495 e. The largest absolute Gasteiger partial charge is 0.495 e. The lowest BCUT2D eigenvalue weighted by molar-refractivity contribution is 0.0640. The highest BCUT2D eigenvalue weighted by molar-refractivity contribution is 7.92. The highest BCUT2D eigenvalue weighted by atomic mass is 32.2. The number of anilines is 1. The molecule has 1 N–H and O–H groups in total. The van der Waals surface area contributed by atoms with Crippen LogP contribution in [0.15, 0.2) is 53.6 Å². The Morgan fingerprint density at radius 1 is 1.00 bits per heavy atom. The second kappa shape index (κ2) is 8.32. The van der Waals surface area contributed by atoms with Crippen molar-refractivity contribution in [2.24, 2.45) is 0 Å². The SMILES string of the molecule is COc1ccc(CN2C(=O)c3cccnc3C2=O)cc1S(=O)(=O)Nc1c(C)cc(C)cc1C. The predicted molar refractivity (Wildman–Crippen MR) is 123 cm³/mol. The Morgan fingerprint density at radius 3 is 2.33 bits per heavy atom. The molecule has 1 aliphatic rings. The van der Waals surface area contributed by atoms with E-state index in [2.05, 4.69) is 9.71 Å². The predicted octanol–water partition coefficient (Wildman–Crippen LogP) is 3.61. The molecule has 33 heavy (non-hydrogen) atoms. The van der Waals surface area contributed by atoms with E-state index in [0.29, 0.717) is 11.3 Å². The highest BCUT2D eigenvalue weighted by Gasteiger charge is 2.36. The summed E-state index contributed by atoms with van der Waals surface area (Å²) in [6.07, 6.45) is 1.45. The summed E-state index contributed by atoms with van der Waals surface area (Å²) < 4.78 is 34.6. The number of hydrogen-bond donors (Lipinski definition) is 1. The van der Waals surface area contributed by atoms with Gasteiger partial charge in [-0.25, -0.2) is 8.42 Å². The molecule has 2 aromatic carbocycles. The van der Waals surface area contributed by atoms with Crippen molar-refractivity contribution < 1.29 is 22.7 Å². The summed E-state index contributed by atoms with van der Waals surface area (Å²) in [4.78, 5) is 30.3. The van der Waals surface area contributed by atoms with Crippen LogP contribution in [0, 0.1) is 20.8 Å². The number of aromatic nitrogens is 1. The topological polar surface area (TPSA) is 106 Å². The summed E-state index contributed by atoms with van der Waals surface area (Å²) in [5, 5.41) is 0. The van der Waals surface area contributed by atoms with Crippen LogP contribution in [0.3, 0.4) is 0 Å². The Bertz CT molecular complexity index is 1340. The maximum absolute atomic E-state index is 13.3. The fourth-order valence-electron chi connectivity index (χ4n) is 4.00. The maximum atomic E-state index is 13.3. The summed E-state index contributed by atoms with van der Waals surface area (Å²) in [6.45, 7) is 5.52. The van der Waals surface area contributed by atoms with Crippen LogP contribution in [0.5, 0.6) is 5.75 Å². The van der Waals surface area contributed by atoms with Crippen LogP contribution in [0.1, 0.15) is 43.1 Å². The fourth-order valence-corrected chi connectivity index (χ4v) is 5.42. The Morgan fingerprint density at radius 2 is 1.70 bits per heavy atom. The van der Waals surface area contributed by atoms with Gasteiger partial charge in [0.15, 0.2) is 0 Å². The second-order valence-electron chi connectivity index (χ2n) is 7.96. The average molecular weight is 466 g/mol. The smallest absolute Gasteiger partial charge is 0.280 e. The molecule has 8 nitrogen and oxygen atoms in total. The maximum Gasteiger partial charge on any atom is 0.280 e. The number of fused-ring (bicyclic) bond motifs is 1. The lowest BCUT2D eigenvalue weighted by Gasteiger charge is -2.18. The summed E-state index contributed by atoms with van der Waals surface area (Å²) >= 11 is 0. The van der Waals surface area contributed by atoms with Gasteiger partial charge < -0.3 is 4.74 Å². The van der Waals surface area contributed by atoms with Gasteiger partial charge in [-0.3, -0.25) is 24.2 Å². The van der Waals surface area contributed by atoms with Gasteiger partial charge in [0, 0.05) is 6.20 Å². The molecule has 9 heteroatoms. The van der Waals surface area contributed by atoms with Gasteiger partial charge in [0.1, 0.15) is 16.3 Å². The molecular weight excluding hydrogens is 442 g/mol.